The Balaban J connectivity index is 1.85. The molecule has 4 nitrogen and oxygen atoms in total. The van der Waals surface area contributed by atoms with Crippen molar-refractivity contribution in [3.63, 3.8) is 0 Å². The molecule has 0 saturated heterocycles. The van der Waals surface area contributed by atoms with E-state index in [4.69, 9.17) is 0 Å². The number of nitrogens with one attached hydrogen (secondary N) is 1. The fourth-order valence-corrected chi connectivity index (χ4v) is 3.39. The van der Waals surface area contributed by atoms with E-state index in [0.29, 0.717) is 12.2 Å². The number of aromatic nitrogens is 2. The van der Waals surface area contributed by atoms with Gasteiger partial charge in [-0.1, -0.05) is 26.0 Å². The number of aromatic amines is 1. The normalized spacial score (nSPS) is 14.3. The number of carbonyl (C=O) groups is 1. The molecule has 1 amide bonds. The number of carbonyl (C=O) groups excluding carboxylic acids is 1. The molecule has 1 N–H and O–H groups in total. The lowest BCUT2D eigenvalue weighted by Crippen LogP contribution is -2.33. The molecule has 1 heterocycles. The van der Waals surface area contributed by atoms with Crippen molar-refractivity contribution < 1.29 is 9.18 Å². The van der Waals surface area contributed by atoms with E-state index in [1.54, 1.807) is 11.0 Å². The van der Waals surface area contributed by atoms with Gasteiger partial charge in [-0.2, -0.15) is 5.10 Å². The van der Waals surface area contributed by atoms with Crippen molar-refractivity contribution in [3.8, 4) is 0 Å². The van der Waals surface area contributed by atoms with Crippen LogP contribution in [0.5, 0.6) is 0 Å². The number of benzene rings is 1. The summed E-state index contributed by atoms with van der Waals surface area (Å²) in [7, 11) is 0. The Morgan fingerprint density at radius 1 is 1.48 bits per heavy atom. The van der Waals surface area contributed by atoms with Crippen LogP contribution in [0.2, 0.25) is 0 Å². The molecule has 23 heavy (non-hydrogen) atoms. The highest BCUT2D eigenvalue weighted by Gasteiger charge is 2.35. The van der Waals surface area contributed by atoms with Gasteiger partial charge in [-0.3, -0.25) is 9.89 Å². The van der Waals surface area contributed by atoms with Gasteiger partial charge in [0.05, 0.1) is 10.2 Å². The molecule has 0 spiro atoms. The van der Waals surface area contributed by atoms with Gasteiger partial charge in [-0.15, -0.1) is 0 Å². The molecule has 0 atom stereocenters. The number of hydrogen-bond donors (Lipinski definition) is 1. The van der Waals surface area contributed by atoms with E-state index in [9.17, 15) is 9.18 Å². The van der Waals surface area contributed by atoms with E-state index in [1.807, 2.05) is 19.9 Å². The van der Waals surface area contributed by atoms with E-state index in [2.05, 4.69) is 26.1 Å². The van der Waals surface area contributed by atoms with E-state index in [0.717, 1.165) is 28.6 Å². The smallest absolute Gasteiger partial charge is 0.276 e. The minimum absolute atomic E-state index is 0.119. The third-order valence-electron chi connectivity index (χ3n) is 4.00. The van der Waals surface area contributed by atoms with Crippen molar-refractivity contribution in [3.05, 3.63) is 51.5 Å². The molecule has 1 fully saturated rings. The Bertz CT molecular complexity index is 724. The highest BCUT2D eigenvalue weighted by atomic mass is 79.9. The highest BCUT2D eigenvalue weighted by molar-refractivity contribution is 9.10. The number of H-pyrrole nitrogens is 1. The Morgan fingerprint density at radius 2 is 2.22 bits per heavy atom. The molecular weight excluding hydrogens is 361 g/mol. The molecule has 2 aromatic rings. The summed E-state index contributed by atoms with van der Waals surface area (Å²) >= 11 is 3.49. The predicted molar refractivity (Wildman–Crippen MR) is 89.7 cm³/mol. The van der Waals surface area contributed by atoms with Crippen LogP contribution in [-0.4, -0.2) is 27.0 Å². The Labute approximate surface area is 143 Å². The van der Waals surface area contributed by atoms with Crippen molar-refractivity contribution in [2.45, 2.75) is 45.2 Å². The van der Waals surface area contributed by atoms with E-state index >= 15 is 0 Å². The second-order valence-corrected chi connectivity index (χ2v) is 7.04. The molecule has 1 aromatic carbocycles. The van der Waals surface area contributed by atoms with Crippen LogP contribution in [0.1, 0.15) is 54.4 Å². The van der Waals surface area contributed by atoms with Crippen LogP contribution in [0, 0.1) is 5.82 Å². The van der Waals surface area contributed by atoms with Crippen molar-refractivity contribution in [1.29, 1.82) is 0 Å². The average Bonchev–Trinajstić information content (AvgIpc) is 3.26. The van der Waals surface area contributed by atoms with Crippen molar-refractivity contribution in [2.75, 3.05) is 0 Å². The predicted octanol–water partition coefficient (Wildman–Crippen LogP) is 4.24. The summed E-state index contributed by atoms with van der Waals surface area (Å²) in [6, 6.07) is 6.61. The summed E-state index contributed by atoms with van der Waals surface area (Å²) in [6.45, 7) is 4.48. The second-order valence-electron chi connectivity index (χ2n) is 6.25. The van der Waals surface area contributed by atoms with Gasteiger partial charge in [0.15, 0.2) is 5.69 Å². The molecule has 0 radical (unpaired) electrons. The molecule has 6 heteroatoms. The number of nitrogens with zero attached hydrogens (tertiary/aromatic N) is 2. The largest absolute Gasteiger partial charge is 0.330 e. The molecule has 0 bridgehead atoms. The number of amides is 1. The minimum Gasteiger partial charge on any atom is -0.330 e. The molecule has 122 valence electrons. The van der Waals surface area contributed by atoms with Crippen LogP contribution in [0.25, 0.3) is 0 Å². The molecule has 1 aromatic heterocycles. The molecule has 1 saturated carbocycles. The van der Waals surface area contributed by atoms with Gasteiger partial charge < -0.3 is 4.90 Å². The van der Waals surface area contributed by atoms with Gasteiger partial charge in [0.1, 0.15) is 5.82 Å². The van der Waals surface area contributed by atoms with Gasteiger partial charge >= 0.3 is 0 Å². The first kappa shape index (κ1) is 16.2. The maximum atomic E-state index is 13.4. The summed E-state index contributed by atoms with van der Waals surface area (Å²) in [5.41, 5.74) is 2.10. The van der Waals surface area contributed by atoms with Gasteiger partial charge in [0.2, 0.25) is 0 Å². The summed E-state index contributed by atoms with van der Waals surface area (Å²) in [4.78, 5) is 14.7. The van der Waals surface area contributed by atoms with Gasteiger partial charge in [0.25, 0.3) is 5.91 Å². The second kappa shape index (κ2) is 6.43. The van der Waals surface area contributed by atoms with Gasteiger partial charge in [-0.25, -0.2) is 4.39 Å². The third kappa shape index (κ3) is 3.47. The van der Waals surface area contributed by atoms with Crippen LogP contribution in [-0.2, 0) is 6.54 Å². The van der Waals surface area contributed by atoms with E-state index < -0.39 is 0 Å². The maximum Gasteiger partial charge on any atom is 0.276 e. The number of hydrogen-bond acceptors (Lipinski definition) is 2. The molecule has 1 aliphatic carbocycles. The fraction of sp³-hybridized carbons (Fsp3) is 0.412. The third-order valence-corrected chi connectivity index (χ3v) is 4.81. The first-order valence-corrected chi connectivity index (χ1v) is 8.56. The van der Waals surface area contributed by atoms with Crippen molar-refractivity contribution >= 4 is 21.8 Å². The fourth-order valence-electron chi connectivity index (χ4n) is 2.59. The lowest BCUT2D eigenvalue weighted by Gasteiger charge is -2.22. The van der Waals surface area contributed by atoms with Gasteiger partial charge in [0, 0.05) is 12.6 Å². The highest BCUT2D eigenvalue weighted by Crippen LogP contribution is 2.32. The molecular formula is C17H19BrFN3O. The first-order valence-electron chi connectivity index (χ1n) is 7.76. The molecule has 3 rings (SSSR count). The topological polar surface area (TPSA) is 49.0 Å². The Hall–Kier alpha value is -1.69. The summed E-state index contributed by atoms with van der Waals surface area (Å²) < 4.78 is 14.1. The van der Waals surface area contributed by atoms with Crippen molar-refractivity contribution in [2.24, 2.45) is 0 Å². The SMILES string of the molecule is CC(C)c1[nH]nc(C(=O)N(Cc2cccc(F)c2)C2CC2)c1Br. The summed E-state index contributed by atoms with van der Waals surface area (Å²) in [5, 5.41) is 7.13. The van der Waals surface area contributed by atoms with Crippen LogP contribution < -0.4 is 0 Å². The van der Waals surface area contributed by atoms with Crippen LogP contribution >= 0.6 is 15.9 Å². The Kier molecular flexibility index (Phi) is 4.53. The first-order chi connectivity index (χ1) is 11.0. The number of rotatable bonds is 5. The summed E-state index contributed by atoms with van der Waals surface area (Å²) in [6.07, 6.45) is 1.97. The van der Waals surface area contributed by atoms with Gasteiger partial charge in [-0.05, 0) is 52.4 Å². The quantitative estimate of drug-likeness (QED) is 0.844. The zero-order valence-corrected chi connectivity index (χ0v) is 14.7. The lowest BCUT2D eigenvalue weighted by molar-refractivity contribution is 0.0722. The molecule has 0 aliphatic heterocycles. The molecule has 0 unspecified atom stereocenters. The average molecular weight is 380 g/mol. The zero-order chi connectivity index (χ0) is 16.6. The van der Waals surface area contributed by atoms with Crippen LogP contribution in [0.15, 0.2) is 28.7 Å². The van der Waals surface area contributed by atoms with Crippen LogP contribution in [0.4, 0.5) is 4.39 Å². The van der Waals surface area contributed by atoms with E-state index in [-0.39, 0.29) is 23.7 Å². The van der Waals surface area contributed by atoms with E-state index in [1.165, 1.54) is 12.1 Å². The van der Waals surface area contributed by atoms with Crippen molar-refractivity contribution in [1.82, 2.24) is 15.1 Å². The van der Waals surface area contributed by atoms with Crippen LogP contribution in [0.3, 0.4) is 0 Å². The number of halogens is 2. The zero-order valence-electron chi connectivity index (χ0n) is 13.1. The molecule has 1 aliphatic rings. The standard InChI is InChI=1S/C17H19BrFN3O/c1-10(2)15-14(18)16(21-20-15)17(23)22(13-6-7-13)9-11-4-3-5-12(19)8-11/h3-5,8,10,13H,6-7,9H2,1-2H3,(H,20,21). The monoisotopic (exact) mass is 379 g/mol. The Morgan fingerprint density at radius 3 is 2.78 bits per heavy atom. The summed E-state index contributed by atoms with van der Waals surface area (Å²) in [5.74, 6) is -0.156. The lowest BCUT2D eigenvalue weighted by atomic mass is 10.1. The minimum atomic E-state index is -0.284. The maximum absolute atomic E-state index is 13.4.